The quantitative estimate of drug-likeness (QED) is 0.711. The summed E-state index contributed by atoms with van der Waals surface area (Å²) in [7, 11) is 1.48. The first-order chi connectivity index (χ1) is 15.1. The van der Waals surface area contributed by atoms with E-state index in [1.807, 2.05) is 6.92 Å². The van der Waals surface area contributed by atoms with Gasteiger partial charge in [-0.2, -0.15) is 0 Å². The van der Waals surface area contributed by atoms with Gasteiger partial charge in [0.05, 0.1) is 12.1 Å². The molecule has 166 valence electrons. The second kappa shape index (κ2) is 8.23. The third-order valence-electron chi connectivity index (χ3n) is 5.47. The largest absolute Gasteiger partial charge is 0.419 e. The van der Waals surface area contributed by atoms with Crippen molar-refractivity contribution in [3.8, 4) is 5.75 Å². The lowest BCUT2D eigenvalue weighted by molar-refractivity contribution is -0.136. The van der Waals surface area contributed by atoms with E-state index in [0.717, 1.165) is 11.6 Å². The Hall–Kier alpha value is -3.46. The third-order valence-corrected chi connectivity index (χ3v) is 5.69. The fraction of sp³-hybridized carbons (Fsp3) is 0.273. The molecule has 2 aromatic carbocycles. The average molecular weight is 460 g/mol. The molecule has 8 nitrogen and oxygen atoms in total. The van der Waals surface area contributed by atoms with Crippen LogP contribution in [0.2, 0.25) is 5.02 Å². The highest BCUT2D eigenvalue weighted by Gasteiger charge is 2.40. The number of amides is 4. The van der Waals surface area contributed by atoms with E-state index in [2.05, 4.69) is 5.32 Å². The maximum atomic E-state index is 14.7. The van der Waals surface area contributed by atoms with Crippen molar-refractivity contribution in [2.75, 3.05) is 11.9 Å². The summed E-state index contributed by atoms with van der Waals surface area (Å²) in [6, 6.07) is 6.49. The summed E-state index contributed by atoms with van der Waals surface area (Å²) in [5.74, 6) is -2.43. The van der Waals surface area contributed by atoms with Crippen molar-refractivity contribution in [3.05, 3.63) is 57.9 Å². The van der Waals surface area contributed by atoms with Crippen LogP contribution < -0.4 is 15.0 Å². The molecular formula is C22H19ClFN3O5. The molecule has 2 aliphatic heterocycles. The van der Waals surface area contributed by atoms with Gasteiger partial charge < -0.3 is 9.64 Å². The van der Waals surface area contributed by atoms with E-state index in [1.54, 1.807) is 18.2 Å². The maximum absolute atomic E-state index is 14.7. The number of hydrogen-bond acceptors (Lipinski definition) is 5. The zero-order valence-corrected chi connectivity index (χ0v) is 18.0. The second-order valence-electron chi connectivity index (χ2n) is 7.74. The number of benzene rings is 2. The number of nitrogens with one attached hydrogen (secondary N) is 1. The number of nitrogens with zero attached hydrogens (tertiary/aromatic N) is 2. The molecule has 0 bridgehead atoms. The lowest BCUT2D eigenvalue weighted by Crippen LogP contribution is -2.52. The number of halogens is 2. The minimum atomic E-state index is -0.866. The van der Waals surface area contributed by atoms with Crippen LogP contribution in [0.3, 0.4) is 0 Å². The highest BCUT2D eigenvalue weighted by molar-refractivity contribution is 6.31. The van der Waals surface area contributed by atoms with Crippen molar-refractivity contribution in [1.29, 1.82) is 0 Å². The number of carbonyl (C=O) groups is 4. The maximum Gasteiger partial charge on any atom is 0.419 e. The molecule has 10 heteroatoms. The lowest BCUT2D eigenvalue weighted by atomic mass is 10.0. The van der Waals surface area contributed by atoms with E-state index in [9.17, 15) is 23.6 Å². The zero-order chi connectivity index (χ0) is 23.2. The molecule has 0 radical (unpaired) electrons. The number of anilines is 1. The second-order valence-corrected chi connectivity index (χ2v) is 8.18. The summed E-state index contributed by atoms with van der Waals surface area (Å²) in [5.41, 5.74) is 1.45. The number of ether oxygens (including phenoxy) is 1. The molecule has 2 aliphatic rings. The van der Waals surface area contributed by atoms with E-state index < -0.39 is 35.7 Å². The first kappa shape index (κ1) is 21.8. The number of rotatable bonds is 3. The van der Waals surface area contributed by atoms with Crippen LogP contribution in [0.15, 0.2) is 30.3 Å². The van der Waals surface area contributed by atoms with Crippen LogP contribution in [0.25, 0.3) is 0 Å². The SMILES string of the molecule is Cc1cc(Cl)cc(N(C)C(=O)Oc2cc(F)c3c(c2)C(=O)N(C2CCC(=O)NC2=O)C3)c1. The molecule has 1 fully saturated rings. The molecule has 0 aromatic heterocycles. The fourth-order valence-electron chi connectivity index (χ4n) is 3.84. The Kier molecular flexibility index (Phi) is 5.60. The van der Waals surface area contributed by atoms with Crippen LogP contribution in [0, 0.1) is 12.7 Å². The van der Waals surface area contributed by atoms with Crippen molar-refractivity contribution in [2.24, 2.45) is 0 Å². The van der Waals surface area contributed by atoms with Crippen LogP contribution in [0.4, 0.5) is 14.9 Å². The predicted octanol–water partition coefficient (Wildman–Crippen LogP) is 3.18. The van der Waals surface area contributed by atoms with Crippen LogP contribution in [0.1, 0.15) is 34.3 Å². The number of imide groups is 1. The van der Waals surface area contributed by atoms with Gasteiger partial charge in [0, 0.05) is 35.8 Å². The molecule has 32 heavy (non-hydrogen) atoms. The van der Waals surface area contributed by atoms with Gasteiger partial charge in [0.15, 0.2) is 0 Å². The molecule has 0 saturated carbocycles. The van der Waals surface area contributed by atoms with E-state index in [1.165, 1.54) is 22.9 Å². The lowest BCUT2D eigenvalue weighted by Gasteiger charge is -2.29. The van der Waals surface area contributed by atoms with E-state index in [-0.39, 0.29) is 36.3 Å². The molecule has 4 rings (SSSR count). The minimum absolute atomic E-state index is 0.0127. The highest BCUT2D eigenvalue weighted by atomic mass is 35.5. The number of carbonyl (C=O) groups excluding carboxylic acids is 4. The molecule has 0 spiro atoms. The summed E-state index contributed by atoms with van der Waals surface area (Å²) >= 11 is 6.04. The number of aryl methyl sites for hydroxylation is 1. The van der Waals surface area contributed by atoms with Gasteiger partial charge in [-0.3, -0.25) is 24.6 Å². The molecule has 1 atom stereocenters. The van der Waals surface area contributed by atoms with Crippen LogP contribution in [-0.4, -0.2) is 41.8 Å². The fourth-order valence-corrected chi connectivity index (χ4v) is 4.12. The molecule has 1 unspecified atom stereocenters. The van der Waals surface area contributed by atoms with Crippen molar-refractivity contribution >= 4 is 41.1 Å². The van der Waals surface area contributed by atoms with Gasteiger partial charge in [0.2, 0.25) is 11.8 Å². The van der Waals surface area contributed by atoms with E-state index >= 15 is 0 Å². The zero-order valence-electron chi connectivity index (χ0n) is 17.3. The third kappa shape index (κ3) is 4.03. The molecule has 2 aromatic rings. The van der Waals surface area contributed by atoms with Crippen molar-refractivity contribution in [2.45, 2.75) is 32.4 Å². The summed E-state index contributed by atoms with van der Waals surface area (Å²) < 4.78 is 20.0. The standard InChI is InChI=1S/C22H19ClFN3O5/c1-11-5-12(23)7-13(6-11)26(2)22(31)32-14-8-15-16(17(24)9-14)10-27(21(15)30)18-3-4-19(28)25-20(18)29/h5-9,18H,3-4,10H2,1-2H3,(H,25,28,29). The monoisotopic (exact) mass is 459 g/mol. The molecule has 2 heterocycles. The Balaban J connectivity index is 1.54. The van der Waals surface area contributed by atoms with Crippen molar-refractivity contribution in [3.63, 3.8) is 0 Å². The van der Waals surface area contributed by atoms with E-state index in [4.69, 9.17) is 16.3 Å². The Morgan fingerprint density at radius 3 is 2.66 bits per heavy atom. The Labute approximate surface area is 187 Å². The van der Waals surface area contributed by atoms with Gasteiger partial charge in [-0.15, -0.1) is 0 Å². The summed E-state index contributed by atoms with van der Waals surface area (Å²) in [5, 5.41) is 2.64. The van der Waals surface area contributed by atoms with Crippen molar-refractivity contribution < 1.29 is 28.3 Å². The number of piperidine rings is 1. The van der Waals surface area contributed by atoms with Gasteiger partial charge in [-0.25, -0.2) is 9.18 Å². The van der Waals surface area contributed by atoms with Gasteiger partial charge in [-0.1, -0.05) is 11.6 Å². The Morgan fingerprint density at radius 2 is 1.97 bits per heavy atom. The summed E-state index contributed by atoms with van der Waals surface area (Å²) in [6.07, 6.45) is -0.534. The van der Waals surface area contributed by atoms with Gasteiger partial charge >= 0.3 is 6.09 Å². The number of fused-ring (bicyclic) bond motifs is 1. The van der Waals surface area contributed by atoms with Crippen molar-refractivity contribution in [1.82, 2.24) is 10.2 Å². The van der Waals surface area contributed by atoms with Crippen LogP contribution in [0.5, 0.6) is 5.75 Å². The topological polar surface area (TPSA) is 96.0 Å². The number of hydrogen-bond donors (Lipinski definition) is 1. The predicted molar refractivity (Wildman–Crippen MR) is 113 cm³/mol. The smallest absolute Gasteiger partial charge is 0.410 e. The minimum Gasteiger partial charge on any atom is -0.410 e. The molecular weight excluding hydrogens is 441 g/mol. The highest BCUT2D eigenvalue weighted by Crippen LogP contribution is 2.33. The summed E-state index contributed by atoms with van der Waals surface area (Å²) in [6.45, 7) is 1.71. The van der Waals surface area contributed by atoms with Crippen LogP contribution >= 0.6 is 11.6 Å². The van der Waals surface area contributed by atoms with Gasteiger partial charge in [-0.05, 0) is 43.2 Å². The first-order valence-electron chi connectivity index (χ1n) is 9.84. The molecule has 1 saturated heterocycles. The molecule has 0 aliphatic carbocycles. The Morgan fingerprint density at radius 1 is 1.22 bits per heavy atom. The average Bonchev–Trinajstić information content (AvgIpc) is 3.04. The Bertz CT molecular complexity index is 1150. The molecule has 1 N–H and O–H groups in total. The normalized spacial score (nSPS) is 17.8. The van der Waals surface area contributed by atoms with Crippen LogP contribution in [-0.2, 0) is 16.1 Å². The molecule has 4 amide bonds. The first-order valence-corrected chi connectivity index (χ1v) is 10.2. The van der Waals surface area contributed by atoms with E-state index in [0.29, 0.717) is 10.7 Å². The van der Waals surface area contributed by atoms with Gasteiger partial charge in [0.25, 0.3) is 5.91 Å². The van der Waals surface area contributed by atoms with Gasteiger partial charge in [0.1, 0.15) is 17.6 Å². The summed E-state index contributed by atoms with van der Waals surface area (Å²) in [4.78, 5) is 51.4.